The molecule has 0 heterocycles. The van der Waals surface area contributed by atoms with E-state index in [1.165, 1.54) is 13.8 Å². The Balaban J connectivity index is 4.55. The minimum Gasteiger partial charge on any atom is -0.481 e. The molecule has 0 aliphatic rings. The van der Waals surface area contributed by atoms with Gasteiger partial charge < -0.3 is 15.9 Å². The highest BCUT2D eigenvalue weighted by molar-refractivity contribution is 5.85. The summed E-state index contributed by atoms with van der Waals surface area (Å²) in [6.45, 7) is 2.54. The summed E-state index contributed by atoms with van der Waals surface area (Å²) in [7, 11) is 0. The number of aliphatic carboxylic acids is 2. The molecule has 64 valence electrons. The van der Waals surface area contributed by atoms with Crippen molar-refractivity contribution in [2.45, 2.75) is 19.9 Å². The summed E-state index contributed by atoms with van der Waals surface area (Å²) >= 11 is 0. The smallest absolute Gasteiger partial charge is 0.321 e. The number of carboxylic acid groups (broad SMARTS) is 2. The van der Waals surface area contributed by atoms with Gasteiger partial charge in [-0.25, -0.2) is 0 Å². The molecule has 0 saturated heterocycles. The molecule has 0 amide bonds. The Bertz CT molecular complexity index is 187. The van der Waals surface area contributed by atoms with E-state index in [1.807, 2.05) is 0 Å². The van der Waals surface area contributed by atoms with Crippen LogP contribution in [0.15, 0.2) is 0 Å². The predicted octanol–water partition coefficient (Wildman–Crippen LogP) is -0.491. The number of rotatable bonds is 3. The average molecular weight is 161 g/mol. The summed E-state index contributed by atoms with van der Waals surface area (Å²) < 4.78 is 0. The molecule has 0 bridgehead atoms. The lowest BCUT2D eigenvalue weighted by atomic mass is 9.85. The zero-order chi connectivity index (χ0) is 9.23. The lowest BCUT2D eigenvalue weighted by Gasteiger charge is -2.22. The van der Waals surface area contributed by atoms with Crippen LogP contribution in [0.1, 0.15) is 13.8 Å². The van der Waals surface area contributed by atoms with E-state index in [9.17, 15) is 9.59 Å². The SMILES string of the molecule is CC(C)(C(=O)O)[C@H](N)C(=O)O. The predicted molar refractivity (Wildman–Crippen MR) is 37.0 cm³/mol. The lowest BCUT2D eigenvalue weighted by molar-refractivity contribution is -0.155. The van der Waals surface area contributed by atoms with Crippen molar-refractivity contribution in [3.8, 4) is 0 Å². The first-order chi connectivity index (χ1) is 4.80. The van der Waals surface area contributed by atoms with E-state index in [2.05, 4.69) is 0 Å². The van der Waals surface area contributed by atoms with Crippen molar-refractivity contribution in [2.24, 2.45) is 11.1 Å². The highest BCUT2D eigenvalue weighted by Crippen LogP contribution is 2.18. The summed E-state index contributed by atoms with van der Waals surface area (Å²) in [6.07, 6.45) is 0. The molecule has 0 unspecified atom stereocenters. The molecule has 0 aromatic carbocycles. The molecule has 5 heteroatoms. The maximum atomic E-state index is 10.4. The average Bonchev–Trinajstić information content (AvgIpc) is 1.85. The van der Waals surface area contributed by atoms with E-state index in [0.717, 1.165) is 0 Å². The molecule has 0 radical (unpaired) electrons. The number of hydrogen-bond acceptors (Lipinski definition) is 3. The second-order valence-corrected chi connectivity index (χ2v) is 2.84. The van der Waals surface area contributed by atoms with Gasteiger partial charge in [0.2, 0.25) is 0 Å². The van der Waals surface area contributed by atoms with E-state index in [4.69, 9.17) is 15.9 Å². The standard InChI is InChI=1S/C6H11NO4/c1-6(2,5(10)11)3(7)4(8)9/h3H,7H2,1-2H3,(H,8,9)(H,10,11)/t3-/m1/s1. The van der Waals surface area contributed by atoms with Gasteiger partial charge in [0.15, 0.2) is 0 Å². The number of carbonyl (C=O) groups is 2. The van der Waals surface area contributed by atoms with Crippen molar-refractivity contribution in [1.82, 2.24) is 0 Å². The molecule has 1 atom stereocenters. The van der Waals surface area contributed by atoms with Crippen LogP contribution in [0.5, 0.6) is 0 Å². The van der Waals surface area contributed by atoms with E-state index in [1.54, 1.807) is 0 Å². The fraction of sp³-hybridized carbons (Fsp3) is 0.667. The Labute approximate surface area is 63.8 Å². The molecule has 0 aliphatic heterocycles. The van der Waals surface area contributed by atoms with Gasteiger partial charge in [-0.15, -0.1) is 0 Å². The summed E-state index contributed by atoms with van der Waals surface area (Å²) in [5.74, 6) is -2.52. The molecule has 0 rings (SSSR count). The van der Waals surface area contributed by atoms with Crippen LogP contribution < -0.4 is 5.73 Å². The molecule has 11 heavy (non-hydrogen) atoms. The highest BCUT2D eigenvalue weighted by atomic mass is 16.4. The maximum Gasteiger partial charge on any atom is 0.321 e. The lowest BCUT2D eigenvalue weighted by Crippen LogP contribution is -2.48. The molecular formula is C6H11NO4. The second kappa shape index (κ2) is 2.87. The third-order valence-electron chi connectivity index (χ3n) is 1.59. The van der Waals surface area contributed by atoms with Gasteiger partial charge in [-0.3, -0.25) is 9.59 Å². The maximum absolute atomic E-state index is 10.4. The van der Waals surface area contributed by atoms with Crippen molar-refractivity contribution in [3.05, 3.63) is 0 Å². The van der Waals surface area contributed by atoms with E-state index in [0.29, 0.717) is 0 Å². The molecule has 0 fully saturated rings. The van der Waals surface area contributed by atoms with Crippen LogP contribution in [0.3, 0.4) is 0 Å². The molecule has 0 saturated carbocycles. The Morgan fingerprint density at radius 1 is 1.36 bits per heavy atom. The first kappa shape index (κ1) is 9.90. The number of hydrogen-bond donors (Lipinski definition) is 3. The van der Waals surface area contributed by atoms with Gasteiger partial charge in [-0.05, 0) is 13.8 Å². The topological polar surface area (TPSA) is 101 Å². The van der Waals surface area contributed by atoms with Crippen molar-refractivity contribution < 1.29 is 19.8 Å². The second-order valence-electron chi connectivity index (χ2n) is 2.84. The zero-order valence-corrected chi connectivity index (χ0v) is 6.37. The van der Waals surface area contributed by atoms with Gasteiger partial charge in [0, 0.05) is 0 Å². The van der Waals surface area contributed by atoms with Gasteiger partial charge in [0.05, 0.1) is 5.41 Å². The first-order valence-corrected chi connectivity index (χ1v) is 3.02. The van der Waals surface area contributed by atoms with Crippen LogP contribution in [-0.4, -0.2) is 28.2 Å². The van der Waals surface area contributed by atoms with Gasteiger partial charge >= 0.3 is 11.9 Å². The van der Waals surface area contributed by atoms with Crippen LogP contribution in [0.2, 0.25) is 0 Å². The third-order valence-corrected chi connectivity index (χ3v) is 1.59. The van der Waals surface area contributed by atoms with Crippen molar-refractivity contribution >= 4 is 11.9 Å². The quantitative estimate of drug-likeness (QED) is 0.518. The minimum atomic E-state index is -1.42. The highest BCUT2D eigenvalue weighted by Gasteiger charge is 2.38. The Kier molecular flexibility index (Phi) is 2.59. The van der Waals surface area contributed by atoms with Crippen LogP contribution in [0.25, 0.3) is 0 Å². The molecule has 0 spiro atoms. The van der Waals surface area contributed by atoms with Gasteiger partial charge in [-0.2, -0.15) is 0 Å². The minimum absolute atomic E-state index is 1.22. The van der Waals surface area contributed by atoms with Crippen molar-refractivity contribution in [2.75, 3.05) is 0 Å². The van der Waals surface area contributed by atoms with Crippen LogP contribution in [0.4, 0.5) is 0 Å². The van der Waals surface area contributed by atoms with Gasteiger partial charge in [-0.1, -0.05) is 0 Å². The molecule has 5 nitrogen and oxygen atoms in total. The largest absolute Gasteiger partial charge is 0.481 e. The normalized spacial score (nSPS) is 14.1. The summed E-state index contributed by atoms with van der Waals surface area (Å²) in [4.78, 5) is 20.7. The van der Waals surface area contributed by atoms with Gasteiger partial charge in [0.1, 0.15) is 6.04 Å². The first-order valence-electron chi connectivity index (χ1n) is 3.02. The zero-order valence-electron chi connectivity index (χ0n) is 6.37. The summed E-state index contributed by atoms with van der Waals surface area (Å²) in [5.41, 5.74) is 3.69. The molecule has 4 N–H and O–H groups in total. The molecule has 0 aromatic rings. The van der Waals surface area contributed by atoms with Crippen LogP contribution in [-0.2, 0) is 9.59 Å². The van der Waals surface area contributed by atoms with Gasteiger partial charge in [0.25, 0.3) is 0 Å². The third kappa shape index (κ3) is 1.91. The Morgan fingerprint density at radius 3 is 1.82 bits per heavy atom. The fourth-order valence-corrected chi connectivity index (χ4v) is 0.442. The van der Waals surface area contributed by atoms with Crippen LogP contribution in [0, 0.1) is 5.41 Å². The molecule has 0 aliphatic carbocycles. The van der Waals surface area contributed by atoms with Crippen LogP contribution >= 0.6 is 0 Å². The van der Waals surface area contributed by atoms with E-state index < -0.39 is 23.4 Å². The summed E-state index contributed by atoms with van der Waals surface area (Å²) in [6, 6.07) is -1.38. The fourth-order valence-electron chi connectivity index (χ4n) is 0.442. The van der Waals surface area contributed by atoms with Crippen molar-refractivity contribution in [1.29, 1.82) is 0 Å². The van der Waals surface area contributed by atoms with E-state index in [-0.39, 0.29) is 0 Å². The Hall–Kier alpha value is -1.10. The van der Waals surface area contributed by atoms with Crippen molar-refractivity contribution in [3.63, 3.8) is 0 Å². The molecule has 0 aromatic heterocycles. The number of nitrogens with two attached hydrogens (primary N) is 1. The Morgan fingerprint density at radius 2 is 1.73 bits per heavy atom. The summed E-state index contributed by atoms with van der Waals surface area (Å²) in [5, 5.41) is 16.9. The number of carboxylic acids is 2. The monoisotopic (exact) mass is 161 g/mol. The van der Waals surface area contributed by atoms with E-state index >= 15 is 0 Å². The molecular weight excluding hydrogens is 150 g/mol.